The maximum absolute atomic E-state index is 13.4. The first-order chi connectivity index (χ1) is 17.4. The number of hydrogen-bond acceptors (Lipinski definition) is 3. The van der Waals surface area contributed by atoms with Gasteiger partial charge in [-0.15, -0.1) is 0 Å². The molecule has 0 aliphatic carbocycles. The molecule has 6 nitrogen and oxygen atoms in total. The van der Waals surface area contributed by atoms with Gasteiger partial charge in [0.05, 0.1) is 5.69 Å². The van der Waals surface area contributed by atoms with E-state index in [1.807, 2.05) is 48.5 Å². The first-order valence-corrected chi connectivity index (χ1v) is 12.9. The number of carbonyl (C=O) groups excluding carboxylic acids is 3. The summed E-state index contributed by atoms with van der Waals surface area (Å²) in [7, 11) is 0. The lowest BCUT2D eigenvalue weighted by molar-refractivity contribution is -0.140. The van der Waals surface area contributed by atoms with Crippen LogP contribution in [0.3, 0.4) is 0 Å². The van der Waals surface area contributed by atoms with Crippen molar-refractivity contribution in [1.82, 2.24) is 10.2 Å². The first kappa shape index (κ1) is 25.7. The SMILES string of the molecule is CCCCNC(=O)[C@@H](C)N(Cc1ccc(Cl)cc1)C(=O)CCCN1C(=O)c2cccc3cccc1c23. The molecule has 0 radical (unpaired) electrons. The molecule has 7 heteroatoms. The molecule has 3 aromatic rings. The van der Waals surface area contributed by atoms with Crippen molar-refractivity contribution >= 4 is 45.8 Å². The molecule has 0 bridgehead atoms. The summed E-state index contributed by atoms with van der Waals surface area (Å²) in [6.45, 7) is 5.16. The van der Waals surface area contributed by atoms with E-state index in [9.17, 15) is 14.4 Å². The summed E-state index contributed by atoms with van der Waals surface area (Å²) >= 11 is 6.02. The first-order valence-electron chi connectivity index (χ1n) is 12.6. The van der Waals surface area contributed by atoms with E-state index in [1.54, 1.807) is 28.9 Å². The van der Waals surface area contributed by atoms with Crippen LogP contribution in [0.25, 0.3) is 10.8 Å². The summed E-state index contributed by atoms with van der Waals surface area (Å²) in [6, 6.07) is 18.3. The van der Waals surface area contributed by atoms with Crippen LogP contribution in [-0.4, -0.2) is 41.8 Å². The molecule has 0 spiro atoms. The molecule has 3 amide bonds. The van der Waals surface area contributed by atoms with E-state index in [1.165, 1.54) is 0 Å². The third-order valence-corrected chi connectivity index (χ3v) is 6.94. The Bertz CT molecular complexity index is 1250. The molecule has 188 valence electrons. The highest BCUT2D eigenvalue weighted by atomic mass is 35.5. The van der Waals surface area contributed by atoms with Gasteiger partial charge in [0.25, 0.3) is 5.91 Å². The van der Waals surface area contributed by atoms with Gasteiger partial charge < -0.3 is 15.1 Å². The third-order valence-electron chi connectivity index (χ3n) is 6.68. The van der Waals surface area contributed by atoms with Crippen molar-refractivity contribution in [3.05, 3.63) is 76.8 Å². The number of unbranched alkanes of at least 4 members (excludes halogenated alkanes) is 1. The smallest absolute Gasteiger partial charge is 0.258 e. The Hall–Kier alpha value is -3.38. The Labute approximate surface area is 217 Å². The van der Waals surface area contributed by atoms with Crippen LogP contribution in [0.15, 0.2) is 60.7 Å². The molecule has 0 aromatic heterocycles. The second kappa shape index (κ2) is 11.6. The number of hydrogen-bond donors (Lipinski definition) is 1. The van der Waals surface area contributed by atoms with Gasteiger partial charge in [-0.3, -0.25) is 14.4 Å². The van der Waals surface area contributed by atoms with Gasteiger partial charge in [-0.05, 0) is 55.0 Å². The van der Waals surface area contributed by atoms with E-state index in [-0.39, 0.29) is 24.1 Å². The summed E-state index contributed by atoms with van der Waals surface area (Å²) in [6.07, 6.45) is 2.60. The van der Waals surface area contributed by atoms with Crippen molar-refractivity contribution in [3.8, 4) is 0 Å². The zero-order chi connectivity index (χ0) is 25.7. The van der Waals surface area contributed by atoms with E-state index < -0.39 is 6.04 Å². The number of anilines is 1. The van der Waals surface area contributed by atoms with Crippen LogP contribution in [-0.2, 0) is 16.1 Å². The maximum atomic E-state index is 13.4. The van der Waals surface area contributed by atoms with Gasteiger partial charge in [0, 0.05) is 42.0 Å². The summed E-state index contributed by atoms with van der Waals surface area (Å²) in [5, 5.41) is 5.56. The largest absolute Gasteiger partial charge is 0.354 e. The van der Waals surface area contributed by atoms with Crippen LogP contribution in [0.2, 0.25) is 5.02 Å². The second-order valence-electron chi connectivity index (χ2n) is 9.21. The molecule has 36 heavy (non-hydrogen) atoms. The summed E-state index contributed by atoms with van der Waals surface area (Å²) in [5.74, 6) is -0.316. The minimum atomic E-state index is -0.614. The molecule has 3 aromatic carbocycles. The topological polar surface area (TPSA) is 69.7 Å². The van der Waals surface area contributed by atoms with Crippen molar-refractivity contribution in [3.63, 3.8) is 0 Å². The Kier molecular flexibility index (Phi) is 8.26. The zero-order valence-corrected chi connectivity index (χ0v) is 21.6. The number of benzene rings is 3. The van der Waals surface area contributed by atoms with Gasteiger partial charge in [0.1, 0.15) is 6.04 Å². The highest BCUT2D eigenvalue weighted by Crippen LogP contribution is 2.37. The van der Waals surface area contributed by atoms with Crippen molar-refractivity contribution in [2.24, 2.45) is 0 Å². The van der Waals surface area contributed by atoms with Crippen LogP contribution in [0, 0.1) is 0 Å². The molecule has 1 atom stereocenters. The van der Waals surface area contributed by atoms with Crippen molar-refractivity contribution in [2.75, 3.05) is 18.0 Å². The lowest BCUT2D eigenvalue weighted by Gasteiger charge is -2.29. The standard InChI is InChI=1S/C29H32ClN3O3/c1-3-4-17-31-28(35)20(2)33(19-21-13-15-23(30)16-14-21)26(34)12-7-18-32-25-11-6-9-22-8-5-10-24(27(22)25)29(32)36/h5-6,8-11,13-16,20H,3-4,7,12,17-19H2,1-2H3,(H,31,35)/t20-/m1/s1. The average molecular weight is 506 g/mol. The Morgan fingerprint density at radius 2 is 1.75 bits per heavy atom. The molecular weight excluding hydrogens is 474 g/mol. The predicted molar refractivity (Wildman–Crippen MR) is 144 cm³/mol. The van der Waals surface area contributed by atoms with Gasteiger partial charge in [-0.1, -0.05) is 61.3 Å². The number of nitrogens with zero attached hydrogens (tertiary/aromatic N) is 2. The molecule has 4 rings (SSSR count). The van der Waals surface area contributed by atoms with Crippen molar-refractivity contribution in [1.29, 1.82) is 0 Å². The van der Waals surface area contributed by atoms with E-state index in [2.05, 4.69) is 12.2 Å². The molecule has 1 heterocycles. The highest BCUT2D eigenvalue weighted by molar-refractivity contribution is 6.30. The van der Waals surface area contributed by atoms with Gasteiger partial charge in [0.15, 0.2) is 0 Å². The molecule has 1 aliphatic rings. The molecule has 0 unspecified atom stereocenters. The lowest BCUT2D eigenvalue weighted by Crippen LogP contribution is -2.47. The fourth-order valence-corrected chi connectivity index (χ4v) is 4.76. The van der Waals surface area contributed by atoms with Gasteiger partial charge >= 0.3 is 0 Å². The van der Waals surface area contributed by atoms with Gasteiger partial charge in [0.2, 0.25) is 11.8 Å². The van der Waals surface area contributed by atoms with Gasteiger partial charge in [-0.2, -0.15) is 0 Å². The lowest BCUT2D eigenvalue weighted by atomic mass is 10.1. The normalized spacial score (nSPS) is 13.2. The summed E-state index contributed by atoms with van der Waals surface area (Å²) in [4.78, 5) is 42.6. The monoisotopic (exact) mass is 505 g/mol. The van der Waals surface area contributed by atoms with Crippen LogP contribution < -0.4 is 10.2 Å². The molecule has 0 saturated carbocycles. The minimum absolute atomic E-state index is 0.0315. The van der Waals surface area contributed by atoms with Crippen molar-refractivity contribution in [2.45, 2.75) is 52.1 Å². The fourth-order valence-electron chi connectivity index (χ4n) is 4.64. The summed E-state index contributed by atoms with van der Waals surface area (Å²) in [5.41, 5.74) is 2.50. The number of carbonyl (C=O) groups is 3. The van der Waals surface area contributed by atoms with Crippen LogP contribution in [0.1, 0.15) is 55.5 Å². The Morgan fingerprint density at radius 1 is 1.03 bits per heavy atom. The average Bonchev–Trinajstić information content (AvgIpc) is 3.16. The third kappa shape index (κ3) is 5.54. The van der Waals surface area contributed by atoms with Crippen molar-refractivity contribution < 1.29 is 14.4 Å². The number of nitrogens with one attached hydrogen (secondary N) is 1. The zero-order valence-electron chi connectivity index (χ0n) is 20.8. The highest BCUT2D eigenvalue weighted by Gasteiger charge is 2.30. The molecular formula is C29H32ClN3O3. The molecule has 0 fully saturated rings. The van der Waals surface area contributed by atoms with Crippen LogP contribution >= 0.6 is 11.6 Å². The van der Waals surface area contributed by atoms with Gasteiger partial charge in [-0.25, -0.2) is 0 Å². The fraction of sp³-hybridized carbons (Fsp3) is 0.345. The quantitative estimate of drug-likeness (QED) is 0.346. The number of amides is 3. The Morgan fingerprint density at radius 3 is 2.47 bits per heavy atom. The van der Waals surface area contributed by atoms with E-state index >= 15 is 0 Å². The number of halogens is 1. The predicted octanol–water partition coefficient (Wildman–Crippen LogP) is 5.57. The number of rotatable bonds is 11. The van der Waals surface area contributed by atoms with E-state index in [4.69, 9.17) is 11.6 Å². The molecule has 1 aliphatic heterocycles. The second-order valence-corrected chi connectivity index (χ2v) is 9.65. The van der Waals surface area contributed by atoms with E-state index in [0.29, 0.717) is 36.6 Å². The minimum Gasteiger partial charge on any atom is -0.354 e. The summed E-state index contributed by atoms with van der Waals surface area (Å²) < 4.78 is 0. The molecule has 0 saturated heterocycles. The maximum Gasteiger partial charge on any atom is 0.258 e. The van der Waals surface area contributed by atoms with Crippen LogP contribution in [0.4, 0.5) is 5.69 Å². The molecule has 1 N–H and O–H groups in total. The van der Waals surface area contributed by atoms with Crippen LogP contribution in [0.5, 0.6) is 0 Å². The van der Waals surface area contributed by atoms with E-state index in [0.717, 1.165) is 34.9 Å². The Balaban J connectivity index is 1.44.